The fourth-order valence-electron chi connectivity index (χ4n) is 1.64. The molecule has 2 rings (SSSR count). The first-order chi connectivity index (χ1) is 7.29. The highest BCUT2D eigenvalue weighted by molar-refractivity contribution is 7.98. The number of likely N-dealkylation sites (N-methyl/N-ethyl adjacent to an activating group) is 1. The maximum Gasteiger partial charge on any atom is 0.130 e. The van der Waals surface area contributed by atoms with Gasteiger partial charge in [0.25, 0.3) is 0 Å². The molecule has 15 heavy (non-hydrogen) atoms. The molecule has 0 aromatic carbocycles. The van der Waals surface area contributed by atoms with Crippen molar-refractivity contribution < 1.29 is 0 Å². The Morgan fingerprint density at radius 2 is 2.47 bits per heavy atom. The maximum atomic E-state index is 4.63. The summed E-state index contributed by atoms with van der Waals surface area (Å²) in [5, 5.41) is 3.21. The van der Waals surface area contributed by atoms with Crippen LogP contribution in [0.15, 0.2) is 6.20 Å². The van der Waals surface area contributed by atoms with E-state index in [2.05, 4.69) is 22.2 Å². The molecule has 1 atom stereocenters. The summed E-state index contributed by atoms with van der Waals surface area (Å²) in [6.45, 7) is 2.15. The lowest BCUT2D eigenvalue weighted by Crippen LogP contribution is -2.25. The Bertz CT molecular complexity index is 341. The number of rotatable bonds is 3. The highest BCUT2D eigenvalue weighted by atomic mass is 32.2. The third-order valence-electron chi connectivity index (χ3n) is 2.74. The van der Waals surface area contributed by atoms with E-state index in [4.69, 9.17) is 0 Å². The molecule has 0 bridgehead atoms. The summed E-state index contributed by atoms with van der Waals surface area (Å²) in [5.74, 6) is 3.24. The molecule has 0 aliphatic carbocycles. The second kappa shape index (κ2) is 4.94. The van der Waals surface area contributed by atoms with E-state index in [0.29, 0.717) is 6.04 Å². The fourth-order valence-corrected chi connectivity index (χ4v) is 2.59. The van der Waals surface area contributed by atoms with Gasteiger partial charge in [0, 0.05) is 24.4 Å². The predicted octanol–water partition coefficient (Wildman–Crippen LogP) is 1.42. The van der Waals surface area contributed by atoms with E-state index in [1.165, 1.54) is 17.0 Å². The third-order valence-corrected chi connectivity index (χ3v) is 3.71. The van der Waals surface area contributed by atoms with E-state index in [-0.39, 0.29) is 0 Å². The molecule has 0 spiro atoms. The average Bonchev–Trinajstić information content (AvgIpc) is 2.29. The first-order valence-corrected chi connectivity index (χ1v) is 6.53. The molecule has 1 aromatic rings. The van der Waals surface area contributed by atoms with Gasteiger partial charge in [-0.05, 0) is 31.7 Å². The molecule has 3 nitrogen and oxygen atoms in total. The summed E-state index contributed by atoms with van der Waals surface area (Å²) in [6, 6.07) is 0.444. The number of thioether (sulfide) groups is 1. The van der Waals surface area contributed by atoms with Gasteiger partial charge in [0.05, 0.1) is 5.69 Å². The zero-order valence-corrected chi connectivity index (χ0v) is 10.1. The van der Waals surface area contributed by atoms with E-state index >= 15 is 0 Å². The van der Waals surface area contributed by atoms with Gasteiger partial charge in [0.2, 0.25) is 0 Å². The minimum Gasteiger partial charge on any atom is -0.317 e. The first-order valence-electron chi connectivity index (χ1n) is 5.38. The van der Waals surface area contributed by atoms with Crippen LogP contribution < -0.4 is 5.32 Å². The van der Waals surface area contributed by atoms with E-state index < -0.39 is 0 Å². The monoisotopic (exact) mass is 223 g/mol. The number of aromatic nitrogens is 2. The summed E-state index contributed by atoms with van der Waals surface area (Å²) in [4.78, 5) is 9.05. The van der Waals surface area contributed by atoms with Crippen molar-refractivity contribution >= 4 is 11.8 Å². The van der Waals surface area contributed by atoms with Gasteiger partial charge in [-0.2, -0.15) is 11.8 Å². The summed E-state index contributed by atoms with van der Waals surface area (Å²) >= 11 is 1.97. The highest BCUT2D eigenvalue weighted by Gasteiger charge is 2.12. The Balaban J connectivity index is 2.13. The summed E-state index contributed by atoms with van der Waals surface area (Å²) in [6.07, 6.45) is 4.05. The topological polar surface area (TPSA) is 37.8 Å². The van der Waals surface area contributed by atoms with Crippen LogP contribution in [0.25, 0.3) is 0 Å². The zero-order chi connectivity index (χ0) is 10.7. The Morgan fingerprint density at radius 1 is 1.60 bits per heavy atom. The molecule has 1 aliphatic rings. The van der Waals surface area contributed by atoms with Crippen molar-refractivity contribution in [3.8, 4) is 0 Å². The van der Waals surface area contributed by atoms with E-state index in [0.717, 1.165) is 24.4 Å². The minimum atomic E-state index is 0.444. The summed E-state index contributed by atoms with van der Waals surface area (Å²) < 4.78 is 0. The Kier molecular flexibility index (Phi) is 3.59. The Morgan fingerprint density at radius 3 is 3.27 bits per heavy atom. The van der Waals surface area contributed by atoms with Crippen molar-refractivity contribution in [3.63, 3.8) is 0 Å². The molecule has 0 saturated carbocycles. The number of nitrogens with one attached hydrogen (secondary N) is 1. The molecule has 1 aliphatic heterocycles. The van der Waals surface area contributed by atoms with Gasteiger partial charge in [-0.1, -0.05) is 0 Å². The largest absolute Gasteiger partial charge is 0.317 e. The zero-order valence-electron chi connectivity index (χ0n) is 9.29. The average molecular weight is 223 g/mol. The number of hydrogen-bond donors (Lipinski definition) is 1. The van der Waals surface area contributed by atoms with Crippen LogP contribution in [0.4, 0.5) is 0 Å². The molecular weight excluding hydrogens is 206 g/mol. The van der Waals surface area contributed by atoms with Crippen LogP contribution in [0.2, 0.25) is 0 Å². The predicted molar refractivity (Wildman–Crippen MR) is 64.1 cm³/mol. The molecule has 2 heterocycles. The maximum absolute atomic E-state index is 4.63. The smallest absolute Gasteiger partial charge is 0.130 e. The molecular formula is C11H17N3S. The van der Waals surface area contributed by atoms with Crippen LogP contribution in [0.3, 0.4) is 0 Å². The van der Waals surface area contributed by atoms with Crippen LogP contribution in [0.5, 0.6) is 0 Å². The van der Waals surface area contributed by atoms with E-state index in [1.54, 1.807) is 0 Å². The molecule has 1 N–H and O–H groups in total. The lowest BCUT2D eigenvalue weighted by Gasteiger charge is -2.15. The quantitative estimate of drug-likeness (QED) is 0.841. The van der Waals surface area contributed by atoms with Gasteiger partial charge in [0.1, 0.15) is 5.82 Å². The van der Waals surface area contributed by atoms with Crippen molar-refractivity contribution in [1.29, 1.82) is 0 Å². The van der Waals surface area contributed by atoms with Crippen LogP contribution in [-0.4, -0.2) is 28.8 Å². The van der Waals surface area contributed by atoms with Gasteiger partial charge in [-0.3, -0.25) is 0 Å². The van der Waals surface area contributed by atoms with Crippen molar-refractivity contribution in [2.75, 3.05) is 12.8 Å². The van der Waals surface area contributed by atoms with Crippen molar-refractivity contribution in [2.45, 2.75) is 31.6 Å². The second-order valence-electron chi connectivity index (χ2n) is 3.95. The standard InChI is InChI=1S/C11H17N3S/c1-8(12-2)5-11-13-6-9-3-4-15-7-10(9)14-11/h6,8,12H,3-5,7H2,1-2H3. The normalized spacial score (nSPS) is 17.2. The SMILES string of the molecule is CNC(C)Cc1ncc2c(n1)CSCC2. The number of aryl methyl sites for hydroxylation is 1. The van der Waals surface area contributed by atoms with Crippen LogP contribution >= 0.6 is 11.8 Å². The van der Waals surface area contributed by atoms with Crippen LogP contribution in [0, 0.1) is 0 Å². The van der Waals surface area contributed by atoms with Gasteiger partial charge in [0.15, 0.2) is 0 Å². The van der Waals surface area contributed by atoms with Gasteiger partial charge < -0.3 is 5.32 Å². The Labute approximate surface area is 95.1 Å². The summed E-state index contributed by atoms with van der Waals surface area (Å²) in [7, 11) is 1.97. The lowest BCUT2D eigenvalue weighted by atomic mass is 10.1. The van der Waals surface area contributed by atoms with Crippen molar-refractivity contribution in [2.24, 2.45) is 0 Å². The van der Waals surface area contributed by atoms with Gasteiger partial charge >= 0.3 is 0 Å². The van der Waals surface area contributed by atoms with Gasteiger partial charge in [-0.15, -0.1) is 0 Å². The molecule has 82 valence electrons. The fraction of sp³-hybridized carbons (Fsp3) is 0.636. The molecule has 1 aromatic heterocycles. The van der Waals surface area contributed by atoms with E-state index in [9.17, 15) is 0 Å². The molecule has 0 fully saturated rings. The highest BCUT2D eigenvalue weighted by Crippen LogP contribution is 2.22. The number of nitrogens with zero attached hydrogens (tertiary/aromatic N) is 2. The molecule has 0 amide bonds. The number of fused-ring (bicyclic) bond motifs is 1. The molecule has 0 radical (unpaired) electrons. The molecule has 0 saturated heterocycles. The first kappa shape index (κ1) is 10.9. The lowest BCUT2D eigenvalue weighted by molar-refractivity contribution is 0.588. The van der Waals surface area contributed by atoms with Gasteiger partial charge in [-0.25, -0.2) is 9.97 Å². The number of hydrogen-bond acceptors (Lipinski definition) is 4. The third kappa shape index (κ3) is 2.69. The molecule has 1 unspecified atom stereocenters. The Hall–Kier alpha value is -0.610. The van der Waals surface area contributed by atoms with Crippen molar-refractivity contribution in [3.05, 3.63) is 23.3 Å². The van der Waals surface area contributed by atoms with E-state index in [1.807, 2.05) is 25.0 Å². The van der Waals surface area contributed by atoms with Crippen LogP contribution in [0.1, 0.15) is 24.0 Å². The summed E-state index contributed by atoms with van der Waals surface area (Å²) in [5.41, 5.74) is 2.59. The van der Waals surface area contributed by atoms with Crippen LogP contribution in [-0.2, 0) is 18.6 Å². The van der Waals surface area contributed by atoms with Crippen molar-refractivity contribution in [1.82, 2.24) is 15.3 Å². The minimum absolute atomic E-state index is 0.444. The second-order valence-corrected chi connectivity index (χ2v) is 5.06. The molecule has 4 heteroatoms.